The zero-order chi connectivity index (χ0) is 104. The zero-order valence-corrected chi connectivity index (χ0v) is 85.2. The number of likely N-dealkylation sites (N-methyl/N-ethyl adjacent to an activating group) is 5. The fraction of sp³-hybridized carbons (Fsp3) is 0.366. The molecule has 8 aromatic carbocycles. The molecule has 32 nitrogen and oxygen atoms in total. The number of aryl methyl sites for hydroxylation is 5. The highest BCUT2D eigenvalue weighted by Crippen LogP contribution is 2.50. The monoisotopic (exact) mass is 2080 g/mol. The van der Waals surface area contributed by atoms with E-state index in [1.54, 1.807) is 64.4 Å². The molecule has 34 heteroatoms. The van der Waals surface area contributed by atoms with E-state index in [4.69, 9.17) is 50.2 Å². The lowest BCUT2D eigenvalue weighted by Gasteiger charge is -2.34. The Bertz CT molecular complexity index is 7290. The van der Waals surface area contributed by atoms with Gasteiger partial charge in [0.05, 0.1) is 43.4 Å². The Morgan fingerprint density at radius 3 is 0.856 bits per heavy atom. The molecule has 770 valence electrons. The maximum atomic E-state index is 12.6. The van der Waals surface area contributed by atoms with Gasteiger partial charge in [0, 0.05) is 160 Å². The van der Waals surface area contributed by atoms with Crippen molar-refractivity contribution in [2.45, 2.75) is 166 Å². The highest BCUT2D eigenvalue weighted by atomic mass is 79.9. The van der Waals surface area contributed by atoms with Crippen LogP contribution in [0.15, 0.2) is 230 Å². The molecule has 0 bridgehead atoms. The Hall–Kier alpha value is -13.2. The number of β-amino-alcohol motifs (C(OH)–C–C–N with tert-alkyl or cyclic N) is 5. The van der Waals surface area contributed by atoms with Crippen LogP contribution < -0.4 is 50.8 Å². The second-order valence-electron chi connectivity index (χ2n) is 38.5. The minimum Gasteiger partial charge on any atom is -0.507 e. The normalized spacial score (nSPS) is 20.1. The van der Waals surface area contributed by atoms with E-state index in [0.29, 0.717) is 186 Å². The average molecular weight is 2080 g/mol. The summed E-state index contributed by atoms with van der Waals surface area (Å²) in [6, 6.07) is 46.4. The molecule has 0 spiro atoms. The Morgan fingerprint density at radius 2 is 0.596 bits per heavy atom. The number of thiophene rings is 1. The molecule has 5 aliphatic rings. The van der Waals surface area contributed by atoms with Gasteiger partial charge in [-0.3, -0.25) is 24.0 Å². The van der Waals surface area contributed by atoms with Gasteiger partial charge in [0.25, 0.3) is 0 Å². The Morgan fingerprint density at radius 1 is 0.329 bits per heavy atom. The van der Waals surface area contributed by atoms with Crippen molar-refractivity contribution in [3.8, 4) is 57.5 Å². The number of piperidine rings is 5. The van der Waals surface area contributed by atoms with E-state index in [1.807, 2.05) is 132 Å². The first kappa shape index (κ1) is 106. The number of nitrogens with zero attached hydrogens (tertiary/aromatic N) is 5. The highest BCUT2D eigenvalue weighted by Gasteiger charge is 2.41. The number of aliphatic hydroxyl groups is 6. The third-order valence-corrected chi connectivity index (χ3v) is 28.7. The number of halogens is 1. The molecule has 5 fully saturated rings. The van der Waals surface area contributed by atoms with E-state index in [0.717, 1.165) is 64.3 Å². The molecule has 0 amide bonds. The van der Waals surface area contributed by atoms with Gasteiger partial charge in [0.15, 0.2) is 27.1 Å². The number of phenols is 5. The predicted octanol–water partition coefficient (Wildman–Crippen LogP) is 15.7. The van der Waals surface area contributed by atoms with Gasteiger partial charge in [0.1, 0.15) is 180 Å². The van der Waals surface area contributed by atoms with E-state index in [1.165, 1.54) is 60.7 Å². The zero-order valence-electron chi connectivity index (χ0n) is 82.8. The van der Waals surface area contributed by atoms with Crippen molar-refractivity contribution in [1.29, 1.82) is 0 Å². The number of benzene rings is 8. The van der Waals surface area contributed by atoms with E-state index >= 15 is 0 Å². The number of furan rings is 1. The number of hydrogen-bond acceptors (Lipinski definition) is 33. The molecule has 10 unspecified atom stereocenters. The molecule has 10 atom stereocenters. The van der Waals surface area contributed by atoms with Crippen LogP contribution in [0.1, 0.15) is 151 Å². The molecule has 15 aromatic rings. The molecular weight excluding hydrogens is 1960 g/mol. The van der Waals surface area contributed by atoms with Gasteiger partial charge in [-0.25, -0.2) is 0 Å². The lowest BCUT2D eigenvalue weighted by Crippen LogP contribution is -2.40. The SMILES string of the molecule is Cc1cc(=O)c2c(O)cc(OCc3ccc(Br)cc3)c(C3CCN(C)CC3O)c2o1.Cc1cc(=O)c2c(O)cc(OCc3ccc(CO)cc3)c(C3CCN(C)CC3O)c2o1.Cc1cc(=O)c2c(O)cc(OCc3ccccc3)c(C3CCN(C)CC3O)c2o1.Cc1cc(=O)c2c(O)cc(OCc3ccco3)c(C3CCN(C)CC3O)c2o1.Cc1cc(=O)c2c(O)cc(OCc3cccs3)c(C3CCN(C)CC3O)c2o1. The maximum absolute atomic E-state index is 12.6. The van der Waals surface area contributed by atoms with Crippen molar-refractivity contribution in [1.82, 2.24) is 24.5 Å². The number of fused-ring (bicyclic) bond motifs is 5. The first-order valence-electron chi connectivity index (χ1n) is 48.5. The van der Waals surface area contributed by atoms with Crippen LogP contribution in [-0.2, 0) is 39.6 Å². The average Bonchev–Trinajstić information content (AvgIpc) is 0.866. The highest BCUT2D eigenvalue weighted by molar-refractivity contribution is 9.10. The van der Waals surface area contributed by atoms with Gasteiger partial charge in [-0.1, -0.05) is 88.7 Å². The van der Waals surface area contributed by atoms with Gasteiger partial charge in [0.2, 0.25) is 0 Å². The smallest absolute Gasteiger partial charge is 0.196 e. The maximum Gasteiger partial charge on any atom is 0.196 e. The quantitative estimate of drug-likeness (QED) is 0.0318. The van der Waals surface area contributed by atoms with Crippen molar-refractivity contribution in [2.75, 3.05) is 101 Å². The van der Waals surface area contributed by atoms with E-state index < -0.39 is 30.5 Å². The van der Waals surface area contributed by atoms with Crippen molar-refractivity contribution in [2.24, 2.45) is 0 Å². The van der Waals surface area contributed by atoms with Crippen LogP contribution >= 0.6 is 27.3 Å². The van der Waals surface area contributed by atoms with E-state index in [-0.39, 0.29) is 150 Å². The number of phenolic OH excluding ortho intramolecular Hbond substituents is 5. The molecule has 0 aliphatic carbocycles. The van der Waals surface area contributed by atoms with Crippen LogP contribution in [0.5, 0.6) is 57.5 Å². The summed E-state index contributed by atoms with van der Waals surface area (Å²) in [6.45, 7) is 16.3. The van der Waals surface area contributed by atoms with Crippen LogP contribution in [0.3, 0.4) is 0 Å². The molecule has 146 heavy (non-hydrogen) atoms. The molecule has 20 rings (SSSR count). The molecule has 5 aliphatic heterocycles. The first-order valence-corrected chi connectivity index (χ1v) is 50.2. The summed E-state index contributed by atoms with van der Waals surface area (Å²) in [6.07, 6.45) is 1.76. The predicted molar refractivity (Wildman–Crippen MR) is 556 cm³/mol. The van der Waals surface area contributed by atoms with Crippen LogP contribution in [0.4, 0.5) is 0 Å². The lowest BCUT2D eigenvalue weighted by atomic mass is 9.85. The van der Waals surface area contributed by atoms with Gasteiger partial charge in [-0.15, -0.1) is 11.3 Å². The second kappa shape index (κ2) is 46.7. The number of hydrogen-bond donors (Lipinski definition) is 11. The molecular formula is C112H122BrN5O27S. The Labute approximate surface area is 853 Å². The molecule has 7 aromatic heterocycles. The summed E-state index contributed by atoms with van der Waals surface area (Å²) in [7, 11) is 9.79. The summed E-state index contributed by atoms with van der Waals surface area (Å²) < 4.78 is 66.0. The molecule has 5 saturated heterocycles. The van der Waals surface area contributed by atoms with Crippen molar-refractivity contribution >= 4 is 82.1 Å². The third kappa shape index (κ3) is 24.4. The fourth-order valence-electron chi connectivity index (χ4n) is 20.1. The van der Waals surface area contributed by atoms with Crippen LogP contribution in [0, 0.1) is 34.6 Å². The number of ether oxygens (including phenoxy) is 5. The molecule has 12 heterocycles. The van der Waals surface area contributed by atoms with Crippen molar-refractivity contribution in [3.63, 3.8) is 0 Å². The molecule has 0 saturated carbocycles. The summed E-state index contributed by atoms with van der Waals surface area (Å²) in [5.74, 6) is 2.60. The number of aliphatic hydroxyl groups excluding tert-OH is 6. The number of aromatic hydroxyl groups is 5. The van der Waals surface area contributed by atoms with Crippen molar-refractivity contribution in [3.05, 3.63) is 321 Å². The summed E-state index contributed by atoms with van der Waals surface area (Å²) in [5, 5.41) is 118. The first-order chi connectivity index (χ1) is 70.0. The molecule has 0 radical (unpaired) electrons. The Kier molecular flexibility index (Phi) is 33.8. The van der Waals surface area contributed by atoms with Gasteiger partial charge in [-0.05, 0) is 193 Å². The van der Waals surface area contributed by atoms with E-state index in [2.05, 4.69) is 40.4 Å². The van der Waals surface area contributed by atoms with Gasteiger partial charge in [-0.2, -0.15) is 0 Å². The minimum atomic E-state index is -0.663. The van der Waals surface area contributed by atoms with Crippen LogP contribution in [-0.4, -0.2) is 212 Å². The van der Waals surface area contributed by atoms with Crippen molar-refractivity contribution < 1.29 is 106 Å². The number of rotatable bonds is 21. The Balaban J connectivity index is 0.000000131. The van der Waals surface area contributed by atoms with E-state index in [9.17, 15) is 80.1 Å². The summed E-state index contributed by atoms with van der Waals surface area (Å²) in [4.78, 5) is 74.1. The lowest BCUT2D eigenvalue weighted by molar-refractivity contribution is 0.0624. The fourth-order valence-corrected chi connectivity index (χ4v) is 21.0. The van der Waals surface area contributed by atoms with Crippen LogP contribution in [0.2, 0.25) is 0 Å². The standard InChI is InChI=1S/C24H27NO6.C23H24BrNO5.C23H25NO5.C21H23NO6.C21H23NO5S/c1-14-9-18(27)23-19(28)10-21(30-13-16-5-3-15(12-26)4-6-16)22(24(23)31-14)17-7-8-25(2)11-20(17)29;1-13-9-17(26)22-18(27)10-20(29-12-14-3-5-15(24)6-4-14)21(23(22)30-13)16-7-8-25(2)11-19(16)28;1-14-10-17(25)22-18(26)11-20(28-13-15-6-4-3-5-7-15)21(23(22)29-14)16-8-9-24(2)12-19(16)27;1-12-8-15(23)20-16(24)9-18(27-11-13-4-3-7-26-13)19(21(20)28-12)14-5-6-22(2)10-17(14)25;1-12-8-15(23)20-16(24)9-18(26-11-13-4-3-7-28-13)19(21(20)27-12)14-5-6-22(2)10-17(14)25/h3-6,9-10,17,20,26,28-29H,7-8,11-13H2,1-2H3;3-6,9-10,16,19,27-28H,7-8,11-12H2,1-2H3;3-7,10-11,16,19,26-27H,8-9,12-13H2,1-2H3;2*3-4,7-9,14,17,24-25H,5-6,10-11H2,1-2H3. The number of likely N-dealkylation sites (tertiary alicyclic amines) is 5. The molecule has 11 N–H and O–H groups in total. The van der Waals surface area contributed by atoms with Crippen LogP contribution in [0.25, 0.3) is 54.8 Å². The van der Waals surface area contributed by atoms with Gasteiger partial charge < -0.3 is 131 Å². The minimum absolute atomic E-state index is 0.0315. The van der Waals surface area contributed by atoms with Gasteiger partial charge >= 0.3 is 0 Å². The largest absolute Gasteiger partial charge is 0.507 e. The summed E-state index contributed by atoms with van der Waals surface area (Å²) >= 11 is 5.00. The third-order valence-electron chi connectivity index (χ3n) is 27.3. The summed E-state index contributed by atoms with van der Waals surface area (Å²) in [5.41, 5.74) is 6.66. The topological polar surface area (TPSA) is 449 Å². The second-order valence-corrected chi connectivity index (χ2v) is 40.4.